The molecular formula is C17H15N5O3. The zero-order valence-electron chi connectivity index (χ0n) is 13.4. The number of carbonyl (C=O) groups is 2. The molecule has 0 bridgehead atoms. The lowest BCUT2D eigenvalue weighted by Crippen LogP contribution is -2.40. The lowest BCUT2D eigenvalue weighted by Gasteiger charge is -2.18. The second-order valence-corrected chi connectivity index (χ2v) is 5.88. The van der Waals surface area contributed by atoms with Gasteiger partial charge < -0.3 is 9.73 Å². The minimum atomic E-state index is -1.21. The quantitative estimate of drug-likeness (QED) is 0.733. The zero-order valence-corrected chi connectivity index (χ0v) is 13.4. The van der Waals surface area contributed by atoms with Crippen molar-refractivity contribution in [1.29, 1.82) is 0 Å². The average molecular weight is 337 g/mol. The number of para-hydroxylation sites is 1. The highest BCUT2D eigenvalue weighted by Crippen LogP contribution is 2.29. The molecule has 3 heterocycles. The van der Waals surface area contributed by atoms with Crippen LogP contribution in [0.3, 0.4) is 0 Å². The van der Waals surface area contributed by atoms with Crippen molar-refractivity contribution < 1.29 is 14.0 Å². The summed E-state index contributed by atoms with van der Waals surface area (Å²) >= 11 is 0. The van der Waals surface area contributed by atoms with Gasteiger partial charge in [-0.05, 0) is 31.2 Å². The van der Waals surface area contributed by atoms with E-state index in [9.17, 15) is 9.59 Å². The monoisotopic (exact) mass is 337 g/mol. The van der Waals surface area contributed by atoms with E-state index in [1.54, 1.807) is 19.1 Å². The summed E-state index contributed by atoms with van der Waals surface area (Å²) in [6, 6.07) is 12.2. The molecule has 0 radical (unpaired) electrons. The lowest BCUT2D eigenvalue weighted by molar-refractivity contribution is -0.132. The van der Waals surface area contributed by atoms with Crippen molar-refractivity contribution in [3.63, 3.8) is 0 Å². The van der Waals surface area contributed by atoms with Gasteiger partial charge in [-0.1, -0.05) is 18.2 Å². The Labute approximate surface area is 143 Å². The summed E-state index contributed by atoms with van der Waals surface area (Å²) in [5, 5.41) is 11.2. The maximum Gasteiger partial charge on any atom is 0.325 e. The molecule has 1 N–H and O–H groups in total. The van der Waals surface area contributed by atoms with Crippen molar-refractivity contribution in [2.24, 2.45) is 0 Å². The topological polar surface area (TPSA) is 93.3 Å². The van der Waals surface area contributed by atoms with Crippen LogP contribution in [0.2, 0.25) is 0 Å². The SMILES string of the molecule is C[C@]1(c2ccco2)NC(=O)N(Cc2cnn(-c3ccccc3)n2)C1=O. The smallest absolute Gasteiger partial charge is 0.325 e. The number of urea groups is 1. The van der Waals surface area contributed by atoms with Crippen molar-refractivity contribution in [2.45, 2.75) is 19.0 Å². The van der Waals surface area contributed by atoms with Gasteiger partial charge in [-0.2, -0.15) is 15.0 Å². The van der Waals surface area contributed by atoms with E-state index in [1.807, 2.05) is 30.3 Å². The Hall–Kier alpha value is -3.42. The third-order valence-corrected chi connectivity index (χ3v) is 4.14. The van der Waals surface area contributed by atoms with Gasteiger partial charge in [-0.15, -0.1) is 0 Å². The summed E-state index contributed by atoms with van der Waals surface area (Å²) in [7, 11) is 0. The Morgan fingerprint density at radius 1 is 1.16 bits per heavy atom. The van der Waals surface area contributed by atoms with Gasteiger partial charge in [0.25, 0.3) is 5.91 Å². The van der Waals surface area contributed by atoms with Crippen molar-refractivity contribution >= 4 is 11.9 Å². The average Bonchev–Trinajstić information content (AvgIpc) is 3.34. The maximum absolute atomic E-state index is 12.7. The van der Waals surface area contributed by atoms with Gasteiger partial charge in [0.05, 0.1) is 24.7 Å². The normalized spacial score (nSPS) is 20.1. The number of hydrogen-bond acceptors (Lipinski definition) is 5. The molecule has 1 saturated heterocycles. The molecule has 25 heavy (non-hydrogen) atoms. The Kier molecular flexibility index (Phi) is 3.38. The zero-order chi connectivity index (χ0) is 17.4. The largest absolute Gasteiger partial charge is 0.466 e. The Morgan fingerprint density at radius 2 is 1.96 bits per heavy atom. The van der Waals surface area contributed by atoms with Crippen LogP contribution < -0.4 is 5.32 Å². The number of furan rings is 1. The highest BCUT2D eigenvalue weighted by molar-refractivity contribution is 6.06. The van der Waals surface area contributed by atoms with Gasteiger partial charge in [0.2, 0.25) is 0 Å². The second kappa shape index (κ2) is 5.59. The molecule has 0 unspecified atom stereocenters. The fourth-order valence-corrected chi connectivity index (χ4v) is 2.79. The van der Waals surface area contributed by atoms with Crippen LogP contribution in [-0.2, 0) is 16.9 Å². The van der Waals surface area contributed by atoms with Gasteiger partial charge in [0.1, 0.15) is 11.5 Å². The van der Waals surface area contributed by atoms with Crippen molar-refractivity contribution in [3.8, 4) is 5.69 Å². The van der Waals surface area contributed by atoms with E-state index in [-0.39, 0.29) is 12.5 Å². The first-order chi connectivity index (χ1) is 12.1. The van der Waals surface area contributed by atoms with Crippen molar-refractivity contribution in [3.05, 3.63) is 66.4 Å². The summed E-state index contributed by atoms with van der Waals surface area (Å²) in [6.45, 7) is 1.65. The third kappa shape index (κ3) is 2.47. The number of benzene rings is 1. The third-order valence-electron chi connectivity index (χ3n) is 4.14. The molecule has 2 aromatic heterocycles. The fourth-order valence-electron chi connectivity index (χ4n) is 2.79. The number of carbonyl (C=O) groups excluding carboxylic acids is 2. The Morgan fingerprint density at radius 3 is 2.68 bits per heavy atom. The second-order valence-electron chi connectivity index (χ2n) is 5.88. The van der Waals surface area contributed by atoms with E-state index in [0.29, 0.717) is 11.5 Å². The van der Waals surface area contributed by atoms with Crippen molar-refractivity contribution in [2.75, 3.05) is 0 Å². The fraction of sp³-hybridized carbons (Fsp3) is 0.176. The Balaban J connectivity index is 1.56. The number of nitrogens with one attached hydrogen (secondary N) is 1. The van der Waals surface area contributed by atoms with Gasteiger partial charge in [0, 0.05) is 0 Å². The number of imide groups is 1. The molecule has 8 nitrogen and oxygen atoms in total. The summed E-state index contributed by atoms with van der Waals surface area (Å²) in [6.07, 6.45) is 3.00. The maximum atomic E-state index is 12.7. The number of aromatic nitrogens is 3. The summed E-state index contributed by atoms with van der Waals surface area (Å²) in [5.41, 5.74) is 0.0955. The van der Waals surface area contributed by atoms with E-state index in [2.05, 4.69) is 15.5 Å². The number of rotatable bonds is 4. The molecule has 3 amide bonds. The number of hydrogen-bond donors (Lipinski definition) is 1. The van der Waals surface area contributed by atoms with E-state index >= 15 is 0 Å². The molecular weight excluding hydrogens is 322 g/mol. The molecule has 1 aliphatic heterocycles. The highest BCUT2D eigenvalue weighted by Gasteiger charge is 2.51. The van der Waals surface area contributed by atoms with Crippen LogP contribution in [-0.4, -0.2) is 31.8 Å². The molecule has 0 saturated carbocycles. The van der Waals surface area contributed by atoms with Crippen molar-refractivity contribution in [1.82, 2.24) is 25.2 Å². The molecule has 1 aromatic carbocycles. The molecule has 1 fully saturated rings. The minimum absolute atomic E-state index is 0.0355. The highest BCUT2D eigenvalue weighted by atomic mass is 16.3. The van der Waals surface area contributed by atoms with Crippen LogP contribution in [0.25, 0.3) is 5.69 Å². The lowest BCUT2D eigenvalue weighted by atomic mass is 9.99. The summed E-state index contributed by atoms with van der Waals surface area (Å²) < 4.78 is 5.31. The van der Waals surface area contributed by atoms with E-state index in [0.717, 1.165) is 10.6 Å². The van der Waals surface area contributed by atoms with Crippen LogP contribution in [0.4, 0.5) is 4.79 Å². The van der Waals surface area contributed by atoms with E-state index < -0.39 is 11.6 Å². The summed E-state index contributed by atoms with van der Waals surface area (Å²) in [5.74, 6) is 0.00278. The molecule has 126 valence electrons. The van der Waals surface area contributed by atoms with E-state index in [4.69, 9.17) is 4.42 Å². The standard InChI is InChI=1S/C17H15N5O3/c1-17(14-8-5-9-25-14)15(23)21(16(24)19-17)11-12-10-18-22(20-12)13-6-3-2-4-7-13/h2-10H,11H2,1H3,(H,19,24)/t17-/m1/s1. The first-order valence-corrected chi connectivity index (χ1v) is 7.73. The minimum Gasteiger partial charge on any atom is -0.466 e. The molecule has 4 rings (SSSR count). The predicted molar refractivity (Wildman–Crippen MR) is 86.5 cm³/mol. The molecule has 3 aromatic rings. The number of nitrogens with zero attached hydrogens (tertiary/aromatic N) is 4. The predicted octanol–water partition coefficient (Wildman–Crippen LogP) is 1.83. The van der Waals surface area contributed by atoms with E-state index in [1.165, 1.54) is 17.3 Å². The molecule has 1 atom stereocenters. The van der Waals surface area contributed by atoms with Gasteiger partial charge in [-0.25, -0.2) is 4.79 Å². The van der Waals surface area contributed by atoms with Crippen LogP contribution in [0.15, 0.2) is 59.3 Å². The van der Waals surface area contributed by atoms with Gasteiger partial charge in [-0.3, -0.25) is 9.69 Å². The molecule has 0 spiro atoms. The van der Waals surface area contributed by atoms with Crippen LogP contribution >= 0.6 is 0 Å². The molecule has 0 aliphatic carbocycles. The molecule has 8 heteroatoms. The van der Waals surface area contributed by atoms with Crippen LogP contribution in [0.1, 0.15) is 18.4 Å². The van der Waals surface area contributed by atoms with Crippen LogP contribution in [0.5, 0.6) is 0 Å². The number of amides is 3. The first-order valence-electron chi connectivity index (χ1n) is 7.73. The Bertz CT molecular complexity index is 919. The van der Waals surface area contributed by atoms with Crippen LogP contribution in [0, 0.1) is 0 Å². The van der Waals surface area contributed by atoms with Gasteiger partial charge in [0.15, 0.2) is 5.54 Å². The van der Waals surface area contributed by atoms with Gasteiger partial charge >= 0.3 is 6.03 Å². The molecule has 1 aliphatic rings. The first kappa shape index (κ1) is 15.1. The summed E-state index contributed by atoms with van der Waals surface area (Å²) in [4.78, 5) is 27.6.